The molecule has 0 amide bonds. The Bertz CT molecular complexity index is 1010. The van der Waals surface area contributed by atoms with E-state index in [1.165, 1.54) is 0 Å². The summed E-state index contributed by atoms with van der Waals surface area (Å²) in [5.41, 5.74) is 2.44. The highest BCUT2D eigenvalue weighted by molar-refractivity contribution is 5.79. The number of pyridine rings is 2. The molecule has 6 nitrogen and oxygen atoms in total. The van der Waals surface area contributed by atoms with Gasteiger partial charge < -0.3 is 14.4 Å². The summed E-state index contributed by atoms with van der Waals surface area (Å²) in [5, 5.41) is 11.2. The maximum absolute atomic E-state index is 12.6. The molecule has 0 spiro atoms. The Labute approximate surface area is 138 Å². The molecule has 24 heavy (non-hydrogen) atoms. The minimum absolute atomic E-state index is 0.116. The first-order valence-electron chi connectivity index (χ1n) is 7.77. The maximum atomic E-state index is 12.6. The van der Waals surface area contributed by atoms with Crippen LogP contribution in [0.1, 0.15) is 36.6 Å². The number of aliphatic hydroxyl groups excluding tert-OH is 1. The minimum Gasteiger partial charge on any atom is -0.458 e. The highest BCUT2D eigenvalue weighted by atomic mass is 16.5. The molecule has 0 fully saturated rings. The van der Waals surface area contributed by atoms with Gasteiger partial charge in [0.2, 0.25) is 0 Å². The van der Waals surface area contributed by atoms with Crippen LogP contribution in [0.15, 0.2) is 16.9 Å². The highest BCUT2D eigenvalue weighted by Crippen LogP contribution is 2.32. The first-order chi connectivity index (χ1) is 11.5. The molecule has 4 rings (SSSR count). The van der Waals surface area contributed by atoms with Crippen molar-refractivity contribution in [2.24, 2.45) is 0 Å². The van der Waals surface area contributed by atoms with Crippen molar-refractivity contribution in [2.75, 3.05) is 0 Å². The lowest BCUT2D eigenvalue weighted by Crippen LogP contribution is -2.32. The van der Waals surface area contributed by atoms with Crippen molar-refractivity contribution in [2.45, 2.75) is 33.1 Å². The van der Waals surface area contributed by atoms with E-state index in [2.05, 4.69) is 18.1 Å². The van der Waals surface area contributed by atoms with E-state index >= 15 is 0 Å². The summed E-state index contributed by atoms with van der Waals surface area (Å²) in [6, 6.07) is 3.50. The molecule has 2 aromatic rings. The molecule has 1 N–H and O–H groups in total. The van der Waals surface area contributed by atoms with Gasteiger partial charge in [0.15, 0.2) is 6.10 Å². The Morgan fingerprint density at radius 2 is 2.00 bits per heavy atom. The summed E-state index contributed by atoms with van der Waals surface area (Å²) in [7, 11) is 0. The molecule has 0 radical (unpaired) electrons. The third-order valence-electron chi connectivity index (χ3n) is 4.15. The quantitative estimate of drug-likeness (QED) is 0.597. The van der Waals surface area contributed by atoms with Gasteiger partial charge in [0.1, 0.15) is 6.61 Å². The number of carbonyl (C=O) groups excluding carboxylic acids is 1. The van der Waals surface area contributed by atoms with Crippen LogP contribution in [0, 0.1) is 0 Å². The van der Waals surface area contributed by atoms with Gasteiger partial charge in [-0.2, -0.15) is 0 Å². The van der Waals surface area contributed by atoms with E-state index in [9.17, 15) is 14.7 Å². The predicted octanol–water partition coefficient (Wildman–Crippen LogP) is 0.209. The maximum Gasteiger partial charge on any atom is 0.340 e. The van der Waals surface area contributed by atoms with Crippen LogP contribution in [0.25, 0.3) is 24.5 Å². The van der Waals surface area contributed by atoms with Crippen molar-refractivity contribution in [3.05, 3.63) is 49.7 Å². The molecule has 0 aromatic carbocycles. The van der Waals surface area contributed by atoms with E-state index in [0.717, 1.165) is 5.56 Å². The number of fused-ring (bicyclic) bond motifs is 4. The number of hydrogen-bond acceptors (Lipinski definition) is 5. The molecule has 124 valence electrons. The minimum atomic E-state index is -1.43. The molecule has 4 heterocycles. The van der Waals surface area contributed by atoms with E-state index < -0.39 is 12.1 Å². The van der Waals surface area contributed by atoms with Gasteiger partial charge in [-0.3, -0.25) is 4.79 Å². The number of hydrogen-bond donors (Lipinski definition) is 1. The topological polar surface area (TPSA) is 81.4 Å². The van der Waals surface area contributed by atoms with Gasteiger partial charge in [-0.15, -0.1) is 0 Å². The van der Waals surface area contributed by atoms with Gasteiger partial charge in [0.25, 0.3) is 5.56 Å². The number of carbonyl (C=O) groups is 1. The van der Waals surface area contributed by atoms with Crippen molar-refractivity contribution < 1.29 is 14.6 Å². The molecule has 1 atom stereocenters. The van der Waals surface area contributed by atoms with Crippen LogP contribution in [0.5, 0.6) is 0 Å². The van der Waals surface area contributed by atoms with Crippen LogP contribution in [-0.4, -0.2) is 20.6 Å². The summed E-state index contributed by atoms with van der Waals surface area (Å²) in [6.45, 7) is 12.0. The van der Waals surface area contributed by atoms with Gasteiger partial charge in [-0.05, 0) is 17.4 Å². The zero-order valence-corrected chi connectivity index (χ0v) is 13.6. The molecule has 2 aromatic heterocycles. The molecule has 0 aliphatic carbocycles. The third-order valence-corrected chi connectivity index (χ3v) is 4.15. The van der Waals surface area contributed by atoms with Crippen molar-refractivity contribution in [3.8, 4) is 11.4 Å². The summed E-state index contributed by atoms with van der Waals surface area (Å²) in [4.78, 5) is 28.5. The van der Waals surface area contributed by atoms with Crippen LogP contribution in [0.2, 0.25) is 0 Å². The molecule has 0 saturated carbocycles. The number of aliphatic hydroxyl groups is 1. The molecule has 0 bridgehead atoms. The lowest BCUT2D eigenvalue weighted by atomic mass is 10.0. The zero-order valence-electron chi connectivity index (χ0n) is 13.6. The Kier molecular flexibility index (Phi) is 3.85. The number of esters is 1. The lowest BCUT2D eigenvalue weighted by Gasteiger charge is -2.21. The third kappa shape index (κ3) is 2.18. The fraction of sp³-hybridized carbons (Fsp3) is 0.278. The lowest BCUT2D eigenvalue weighted by molar-refractivity contribution is -0.157. The van der Waals surface area contributed by atoms with E-state index in [1.54, 1.807) is 10.6 Å². The van der Waals surface area contributed by atoms with Crippen LogP contribution >= 0.6 is 0 Å². The van der Waals surface area contributed by atoms with Crippen LogP contribution in [-0.2, 0) is 22.7 Å². The average Bonchev–Trinajstić information content (AvgIpc) is 2.92. The van der Waals surface area contributed by atoms with Gasteiger partial charge >= 0.3 is 5.97 Å². The molecular formula is C18H18N2O4. The van der Waals surface area contributed by atoms with E-state index in [-0.39, 0.29) is 12.2 Å². The standard InChI is InChI=1S/C16H12N2O4.C2H6/c1-7-3-9-5-18-12(13(9)17-8(7)2)4-10-11(15(18)20)6-22-16(21)14(10)19;1-2/h3-4,14,19H,1-2,5-6H2;1-2H3. The number of ether oxygens (including phenoxy) is 1. The zero-order chi connectivity index (χ0) is 17.6. The average molecular weight is 326 g/mol. The number of aromatic nitrogens is 2. The predicted molar refractivity (Wildman–Crippen MR) is 89.4 cm³/mol. The fourth-order valence-electron chi connectivity index (χ4n) is 2.95. The summed E-state index contributed by atoms with van der Waals surface area (Å²) in [6.07, 6.45) is -1.43. The van der Waals surface area contributed by atoms with E-state index in [4.69, 9.17) is 4.74 Å². The monoisotopic (exact) mass is 326 g/mol. The van der Waals surface area contributed by atoms with Crippen LogP contribution in [0.4, 0.5) is 0 Å². The Morgan fingerprint density at radius 3 is 2.71 bits per heavy atom. The van der Waals surface area contributed by atoms with Gasteiger partial charge in [0, 0.05) is 11.1 Å². The smallest absolute Gasteiger partial charge is 0.340 e. The summed E-state index contributed by atoms with van der Waals surface area (Å²) in [5.74, 6) is -0.742. The first kappa shape index (κ1) is 16.1. The SMILES string of the molecule is C=c1cc2c(nc1=C)-c1cc3c(c(=O)n1C2)COC(=O)C3O.CC. The Balaban J connectivity index is 0.000000815. The van der Waals surface area contributed by atoms with Gasteiger partial charge in [-0.1, -0.05) is 27.0 Å². The Hall–Kier alpha value is -2.73. The van der Waals surface area contributed by atoms with Crippen LogP contribution in [0.3, 0.4) is 0 Å². The second-order valence-electron chi connectivity index (χ2n) is 5.47. The Morgan fingerprint density at radius 1 is 1.29 bits per heavy atom. The van der Waals surface area contributed by atoms with E-state index in [0.29, 0.717) is 39.6 Å². The highest BCUT2D eigenvalue weighted by Gasteiger charge is 2.33. The fourth-order valence-corrected chi connectivity index (χ4v) is 2.95. The van der Waals surface area contributed by atoms with Gasteiger partial charge in [0.05, 0.1) is 28.8 Å². The van der Waals surface area contributed by atoms with Crippen molar-refractivity contribution in [3.63, 3.8) is 0 Å². The molecule has 2 aliphatic rings. The summed E-state index contributed by atoms with van der Waals surface area (Å²) >= 11 is 0. The number of nitrogens with zero attached hydrogens (tertiary/aromatic N) is 2. The molecule has 2 aliphatic heterocycles. The van der Waals surface area contributed by atoms with Crippen molar-refractivity contribution in [1.29, 1.82) is 0 Å². The second-order valence-corrected chi connectivity index (χ2v) is 5.47. The van der Waals surface area contributed by atoms with Crippen LogP contribution < -0.4 is 16.1 Å². The normalized spacial score (nSPS) is 17.1. The second kappa shape index (κ2) is 5.72. The van der Waals surface area contributed by atoms with E-state index in [1.807, 2.05) is 19.9 Å². The van der Waals surface area contributed by atoms with Crippen molar-refractivity contribution >= 4 is 19.1 Å². The molecule has 0 saturated heterocycles. The number of cyclic esters (lactones) is 1. The first-order valence-corrected chi connectivity index (χ1v) is 7.77. The largest absolute Gasteiger partial charge is 0.458 e. The molecular weight excluding hydrogens is 308 g/mol. The van der Waals surface area contributed by atoms with Crippen molar-refractivity contribution in [1.82, 2.24) is 9.55 Å². The molecule has 1 unspecified atom stereocenters. The van der Waals surface area contributed by atoms with Gasteiger partial charge in [-0.25, -0.2) is 9.78 Å². The number of rotatable bonds is 0. The summed E-state index contributed by atoms with van der Waals surface area (Å²) < 4.78 is 6.41. The molecule has 6 heteroatoms.